The van der Waals surface area contributed by atoms with Crippen LogP contribution >= 0.6 is 11.6 Å². The van der Waals surface area contributed by atoms with Gasteiger partial charge in [-0.2, -0.15) is 0 Å². The molecule has 0 saturated heterocycles. The SMILES string of the molecule is [B]C1CCc2c(ccc3c2OCc2cc(Cl)ccc2-3)C1=O. The number of hydrogen-bond acceptors (Lipinski definition) is 2. The van der Waals surface area contributed by atoms with Crippen molar-refractivity contribution < 1.29 is 9.53 Å². The number of fused-ring (bicyclic) bond motifs is 5. The highest BCUT2D eigenvalue weighted by atomic mass is 35.5. The van der Waals surface area contributed by atoms with E-state index >= 15 is 0 Å². The quantitative estimate of drug-likeness (QED) is 0.687. The monoisotopic (exact) mass is 294 g/mol. The minimum atomic E-state index is -0.384. The molecule has 2 aromatic carbocycles. The molecule has 4 rings (SSSR count). The van der Waals surface area contributed by atoms with Gasteiger partial charge >= 0.3 is 0 Å². The summed E-state index contributed by atoms with van der Waals surface area (Å²) in [6, 6.07) is 9.66. The zero-order valence-electron chi connectivity index (χ0n) is 11.4. The van der Waals surface area contributed by atoms with Crippen LogP contribution in [0, 0.1) is 0 Å². The van der Waals surface area contributed by atoms with Crippen molar-refractivity contribution in [3.8, 4) is 16.9 Å². The van der Waals surface area contributed by atoms with Gasteiger partial charge in [-0.1, -0.05) is 23.7 Å². The van der Waals surface area contributed by atoms with Gasteiger partial charge in [-0.3, -0.25) is 4.79 Å². The molecule has 2 aliphatic rings. The third kappa shape index (κ3) is 1.91. The smallest absolute Gasteiger partial charge is 0.157 e. The Bertz CT molecular complexity index is 770. The van der Waals surface area contributed by atoms with Crippen molar-refractivity contribution in [2.75, 3.05) is 0 Å². The van der Waals surface area contributed by atoms with Crippen LogP contribution in [0.25, 0.3) is 11.1 Å². The molecule has 2 nitrogen and oxygen atoms in total. The Balaban J connectivity index is 1.92. The lowest BCUT2D eigenvalue weighted by molar-refractivity contribution is 0.0972. The molecular formula is C17H12BClO2. The molecular weight excluding hydrogens is 282 g/mol. The standard InChI is InChI=1S/C17H12BClO2/c18-15-6-5-14-12(16(15)20)3-4-13-11-2-1-10(19)7-9(11)8-21-17(13)14/h1-4,7,15H,5-6,8H2. The highest BCUT2D eigenvalue weighted by molar-refractivity contribution is 6.30. The van der Waals surface area contributed by atoms with Crippen LogP contribution in [0.15, 0.2) is 30.3 Å². The molecule has 1 atom stereocenters. The molecule has 0 fully saturated rings. The Hall–Kier alpha value is -1.74. The summed E-state index contributed by atoms with van der Waals surface area (Å²) in [5.74, 6) is 0.470. The second-order valence-electron chi connectivity index (χ2n) is 5.57. The van der Waals surface area contributed by atoms with Crippen molar-refractivity contribution in [1.82, 2.24) is 0 Å². The number of ether oxygens (including phenoxy) is 1. The minimum Gasteiger partial charge on any atom is -0.488 e. The zero-order valence-corrected chi connectivity index (χ0v) is 12.1. The zero-order chi connectivity index (χ0) is 14.6. The number of rotatable bonds is 0. The lowest BCUT2D eigenvalue weighted by Crippen LogP contribution is -2.20. The molecule has 0 spiro atoms. The lowest BCUT2D eigenvalue weighted by atomic mass is 9.71. The summed E-state index contributed by atoms with van der Waals surface area (Å²) in [7, 11) is 5.86. The number of Topliss-reactive ketones (excluding diaryl/α,β-unsaturated/α-hetero) is 1. The second-order valence-corrected chi connectivity index (χ2v) is 6.00. The fraction of sp³-hybridized carbons (Fsp3) is 0.235. The molecule has 1 aliphatic heterocycles. The van der Waals surface area contributed by atoms with E-state index in [1.54, 1.807) is 0 Å². The van der Waals surface area contributed by atoms with Gasteiger partial charge in [0.1, 0.15) is 12.4 Å². The fourth-order valence-electron chi connectivity index (χ4n) is 3.21. The van der Waals surface area contributed by atoms with Crippen LogP contribution in [-0.4, -0.2) is 13.6 Å². The van der Waals surface area contributed by atoms with Crippen LogP contribution in [0.4, 0.5) is 0 Å². The van der Waals surface area contributed by atoms with Gasteiger partial charge in [-0.15, -0.1) is 0 Å². The Labute approximate surface area is 129 Å². The fourth-order valence-corrected chi connectivity index (χ4v) is 3.40. The van der Waals surface area contributed by atoms with E-state index in [4.69, 9.17) is 24.2 Å². The molecule has 0 bridgehead atoms. The Morgan fingerprint density at radius 1 is 1.14 bits per heavy atom. The first-order valence-corrected chi connectivity index (χ1v) is 7.40. The summed E-state index contributed by atoms with van der Waals surface area (Å²) in [4.78, 5) is 12.2. The first-order chi connectivity index (χ1) is 10.1. The second kappa shape index (κ2) is 4.64. The predicted octanol–water partition coefficient (Wildman–Crippen LogP) is 3.99. The summed E-state index contributed by atoms with van der Waals surface area (Å²) in [6.45, 7) is 0.486. The van der Waals surface area contributed by atoms with E-state index in [-0.39, 0.29) is 11.6 Å². The van der Waals surface area contributed by atoms with Crippen LogP contribution in [-0.2, 0) is 13.0 Å². The van der Waals surface area contributed by atoms with E-state index in [1.807, 2.05) is 30.3 Å². The van der Waals surface area contributed by atoms with Crippen molar-refractivity contribution in [2.45, 2.75) is 25.3 Å². The van der Waals surface area contributed by atoms with Crippen molar-refractivity contribution in [3.05, 3.63) is 52.0 Å². The van der Waals surface area contributed by atoms with Crippen LogP contribution in [0.1, 0.15) is 27.9 Å². The van der Waals surface area contributed by atoms with Gasteiger partial charge in [0, 0.05) is 21.7 Å². The van der Waals surface area contributed by atoms with E-state index in [0.717, 1.165) is 34.4 Å². The van der Waals surface area contributed by atoms with Gasteiger partial charge in [0.05, 0.1) is 7.85 Å². The average Bonchev–Trinajstić information content (AvgIpc) is 2.49. The van der Waals surface area contributed by atoms with E-state index in [0.29, 0.717) is 23.6 Å². The molecule has 4 heteroatoms. The Morgan fingerprint density at radius 3 is 2.76 bits per heavy atom. The summed E-state index contributed by atoms with van der Waals surface area (Å²) in [5, 5.41) is 0.708. The number of ketones is 1. The maximum absolute atomic E-state index is 12.2. The van der Waals surface area contributed by atoms with Gasteiger partial charge in [-0.05, 0) is 48.0 Å². The summed E-state index contributed by atoms with van der Waals surface area (Å²) in [6.07, 6.45) is 1.47. The van der Waals surface area contributed by atoms with Gasteiger partial charge in [0.2, 0.25) is 0 Å². The number of hydrogen-bond donors (Lipinski definition) is 0. The van der Waals surface area contributed by atoms with Crippen LogP contribution in [0.5, 0.6) is 5.75 Å². The van der Waals surface area contributed by atoms with Gasteiger partial charge in [0.25, 0.3) is 0 Å². The largest absolute Gasteiger partial charge is 0.488 e. The number of halogens is 1. The summed E-state index contributed by atoms with van der Waals surface area (Å²) < 4.78 is 5.94. The van der Waals surface area contributed by atoms with Crippen molar-refractivity contribution in [3.63, 3.8) is 0 Å². The maximum Gasteiger partial charge on any atom is 0.157 e. The predicted molar refractivity (Wildman–Crippen MR) is 83.4 cm³/mol. The van der Waals surface area contributed by atoms with Crippen molar-refractivity contribution >= 4 is 25.2 Å². The normalized spacial score (nSPS) is 19.3. The van der Waals surface area contributed by atoms with Crippen molar-refractivity contribution in [2.24, 2.45) is 0 Å². The molecule has 2 aromatic rings. The molecule has 21 heavy (non-hydrogen) atoms. The topological polar surface area (TPSA) is 26.3 Å². The lowest BCUT2D eigenvalue weighted by Gasteiger charge is -2.28. The Morgan fingerprint density at radius 2 is 1.90 bits per heavy atom. The third-order valence-corrected chi connectivity index (χ3v) is 4.53. The highest BCUT2D eigenvalue weighted by Gasteiger charge is 2.29. The first-order valence-electron chi connectivity index (χ1n) is 7.02. The average molecular weight is 295 g/mol. The van der Waals surface area contributed by atoms with E-state index < -0.39 is 0 Å². The molecule has 1 aliphatic carbocycles. The molecule has 1 heterocycles. The number of carbonyl (C=O) groups excluding carboxylic acids is 1. The molecule has 0 amide bonds. The molecule has 102 valence electrons. The van der Waals surface area contributed by atoms with Crippen molar-refractivity contribution in [1.29, 1.82) is 0 Å². The number of benzene rings is 2. The molecule has 0 saturated carbocycles. The summed E-state index contributed by atoms with van der Waals surface area (Å²) in [5.41, 5.74) is 4.96. The van der Waals surface area contributed by atoms with Crippen LogP contribution in [0.3, 0.4) is 0 Å². The number of carbonyl (C=O) groups is 1. The molecule has 1 unspecified atom stereocenters. The van der Waals surface area contributed by atoms with E-state index in [1.165, 1.54) is 0 Å². The third-order valence-electron chi connectivity index (χ3n) is 4.30. The van der Waals surface area contributed by atoms with Gasteiger partial charge < -0.3 is 4.74 Å². The molecule has 0 N–H and O–H groups in total. The van der Waals surface area contributed by atoms with Gasteiger partial charge in [0.15, 0.2) is 5.78 Å². The summed E-state index contributed by atoms with van der Waals surface area (Å²) >= 11 is 6.04. The molecule has 2 radical (unpaired) electrons. The molecule has 0 aromatic heterocycles. The minimum absolute atomic E-state index is 0.0181. The van der Waals surface area contributed by atoms with Crippen LogP contribution in [0.2, 0.25) is 10.8 Å². The van der Waals surface area contributed by atoms with Gasteiger partial charge in [-0.25, -0.2) is 0 Å². The highest BCUT2D eigenvalue weighted by Crippen LogP contribution is 2.44. The van der Waals surface area contributed by atoms with Crippen LogP contribution < -0.4 is 4.74 Å². The first kappa shape index (κ1) is 13.0. The maximum atomic E-state index is 12.2. The Kier molecular flexibility index (Phi) is 2.86. The van der Waals surface area contributed by atoms with E-state index in [2.05, 4.69) is 0 Å². The van der Waals surface area contributed by atoms with E-state index in [9.17, 15) is 4.79 Å².